The van der Waals surface area contributed by atoms with Crippen molar-refractivity contribution in [3.05, 3.63) is 50.8 Å². The number of aromatic amines is 1. The minimum absolute atomic E-state index is 0.00312. The fraction of sp³-hybridized carbons (Fsp3) is 0.167. The molecule has 6 nitrogen and oxygen atoms in total. The number of H-pyrrole nitrogens is 1. The summed E-state index contributed by atoms with van der Waals surface area (Å²) in [5.74, 6) is -0.760. The molecule has 0 saturated heterocycles. The summed E-state index contributed by atoms with van der Waals surface area (Å²) in [6, 6.07) is 5.16. The molecule has 2 heterocycles. The maximum atomic E-state index is 11.3. The van der Waals surface area contributed by atoms with Crippen molar-refractivity contribution >= 4 is 29.3 Å². The van der Waals surface area contributed by atoms with Crippen LogP contribution in [0.4, 0.5) is 0 Å². The number of aryl methyl sites for hydroxylation is 1. The Bertz CT molecular complexity index is 717. The van der Waals surface area contributed by atoms with Crippen LogP contribution in [0.3, 0.4) is 0 Å². The lowest BCUT2D eigenvalue weighted by Gasteiger charge is -2.06. The lowest BCUT2D eigenvalue weighted by Crippen LogP contribution is -2.18. The van der Waals surface area contributed by atoms with Gasteiger partial charge in [-0.15, -0.1) is 0 Å². The van der Waals surface area contributed by atoms with Gasteiger partial charge in [0.15, 0.2) is 0 Å². The van der Waals surface area contributed by atoms with E-state index in [1.165, 1.54) is 6.92 Å². The monoisotopic (exact) mass is 311 g/mol. The van der Waals surface area contributed by atoms with Gasteiger partial charge in [0.1, 0.15) is 15.7 Å². The molecule has 2 N–H and O–H groups in total. The van der Waals surface area contributed by atoms with Crippen LogP contribution < -0.4 is 5.69 Å². The zero-order valence-corrected chi connectivity index (χ0v) is 12.0. The lowest BCUT2D eigenvalue weighted by atomic mass is 10.2. The van der Waals surface area contributed by atoms with Gasteiger partial charge >= 0.3 is 11.7 Å². The van der Waals surface area contributed by atoms with Gasteiger partial charge in [0.2, 0.25) is 0 Å². The van der Waals surface area contributed by atoms with Gasteiger partial charge in [0.25, 0.3) is 0 Å². The topological polar surface area (TPSA) is 95.9 Å². The number of hydrogen-bond donors (Lipinski definition) is 2. The van der Waals surface area contributed by atoms with Gasteiger partial charge in [-0.05, 0) is 19.1 Å². The number of pyridine rings is 1. The number of halogens is 1. The van der Waals surface area contributed by atoms with Crippen molar-refractivity contribution in [2.45, 2.75) is 17.7 Å². The number of aromatic nitrogens is 3. The molecule has 0 fully saturated rings. The van der Waals surface area contributed by atoms with Crippen LogP contribution in [0.2, 0.25) is 5.15 Å². The van der Waals surface area contributed by atoms with E-state index in [1.54, 1.807) is 18.2 Å². The number of carbonyl (C=O) groups is 1. The molecule has 0 atom stereocenters. The molecule has 0 aromatic carbocycles. The highest BCUT2D eigenvalue weighted by Gasteiger charge is 2.17. The highest BCUT2D eigenvalue weighted by molar-refractivity contribution is 7.98. The SMILES string of the molecule is Cc1[nH]c(=O)nc(SCc2cccc(Cl)n2)c1C(=O)O. The summed E-state index contributed by atoms with van der Waals surface area (Å²) in [5.41, 5.74) is 0.378. The van der Waals surface area contributed by atoms with E-state index in [2.05, 4.69) is 15.0 Å². The van der Waals surface area contributed by atoms with E-state index in [1.807, 2.05) is 0 Å². The van der Waals surface area contributed by atoms with Crippen molar-refractivity contribution in [1.29, 1.82) is 0 Å². The van der Waals surface area contributed by atoms with Crippen LogP contribution in [-0.2, 0) is 5.75 Å². The fourth-order valence-corrected chi connectivity index (χ4v) is 2.75. The number of carboxylic acid groups (broad SMARTS) is 1. The van der Waals surface area contributed by atoms with Crippen molar-refractivity contribution < 1.29 is 9.90 Å². The summed E-state index contributed by atoms with van der Waals surface area (Å²) in [4.78, 5) is 32.7. The van der Waals surface area contributed by atoms with Crippen molar-refractivity contribution in [2.75, 3.05) is 0 Å². The van der Waals surface area contributed by atoms with Crippen LogP contribution >= 0.6 is 23.4 Å². The van der Waals surface area contributed by atoms with Gasteiger partial charge in [0, 0.05) is 11.4 Å². The molecule has 0 bridgehead atoms. The molecular weight excluding hydrogens is 302 g/mol. The average molecular weight is 312 g/mol. The van der Waals surface area contributed by atoms with Crippen molar-refractivity contribution in [3.8, 4) is 0 Å². The first-order valence-corrected chi connectivity index (χ1v) is 6.92. The average Bonchev–Trinajstić information content (AvgIpc) is 2.35. The number of aromatic carboxylic acids is 1. The van der Waals surface area contributed by atoms with Gasteiger partial charge < -0.3 is 10.1 Å². The predicted molar refractivity (Wildman–Crippen MR) is 75.4 cm³/mol. The first kappa shape index (κ1) is 14.5. The van der Waals surface area contributed by atoms with Crippen LogP contribution in [0.1, 0.15) is 21.7 Å². The highest BCUT2D eigenvalue weighted by Crippen LogP contribution is 2.24. The highest BCUT2D eigenvalue weighted by atomic mass is 35.5. The molecular formula is C12H10ClN3O3S. The Balaban J connectivity index is 2.29. The Morgan fingerprint density at radius 2 is 2.20 bits per heavy atom. The third-order valence-corrected chi connectivity index (χ3v) is 3.65. The second-order valence-corrected chi connectivity index (χ2v) is 5.24. The summed E-state index contributed by atoms with van der Waals surface area (Å²) in [6.45, 7) is 1.52. The molecule has 20 heavy (non-hydrogen) atoms. The maximum absolute atomic E-state index is 11.3. The minimum atomic E-state index is -1.13. The van der Waals surface area contributed by atoms with E-state index in [9.17, 15) is 9.59 Å². The molecule has 104 valence electrons. The zero-order chi connectivity index (χ0) is 14.7. The zero-order valence-electron chi connectivity index (χ0n) is 10.4. The number of carboxylic acids is 1. The normalized spacial score (nSPS) is 10.5. The summed E-state index contributed by atoms with van der Waals surface area (Å²) in [7, 11) is 0. The lowest BCUT2D eigenvalue weighted by molar-refractivity contribution is 0.0690. The molecule has 0 aliphatic carbocycles. The first-order valence-electron chi connectivity index (χ1n) is 5.56. The van der Waals surface area contributed by atoms with Crippen LogP contribution in [0.5, 0.6) is 0 Å². The molecule has 8 heteroatoms. The third-order valence-electron chi connectivity index (χ3n) is 2.43. The van der Waals surface area contributed by atoms with E-state index in [-0.39, 0.29) is 16.3 Å². The van der Waals surface area contributed by atoms with E-state index in [0.717, 1.165) is 11.8 Å². The summed E-state index contributed by atoms with van der Waals surface area (Å²) < 4.78 is 0. The smallest absolute Gasteiger partial charge is 0.346 e. The first-order chi connectivity index (χ1) is 9.47. The second-order valence-electron chi connectivity index (χ2n) is 3.89. The van der Waals surface area contributed by atoms with Crippen molar-refractivity contribution in [1.82, 2.24) is 15.0 Å². The number of hydrogen-bond acceptors (Lipinski definition) is 5. The van der Waals surface area contributed by atoms with Gasteiger partial charge in [0.05, 0.1) is 5.69 Å². The molecule has 0 unspecified atom stereocenters. The van der Waals surface area contributed by atoms with Gasteiger partial charge in [-0.25, -0.2) is 14.6 Å². The van der Waals surface area contributed by atoms with Gasteiger partial charge in [-0.1, -0.05) is 29.4 Å². The summed E-state index contributed by atoms with van der Waals surface area (Å²) in [6.07, 6.45) is 0. The predicted octanol–water partition coefficient (Wildman–Crippen LogP) is 2.12. The van der Waals surface area contributed by atoms with Crippen molar-refractivity contribution in [3.63, 3.8) is 0 Å². The van der Waals surface area contributed by atoms with E-state index < -0.39 is 11.7 Å². The Kier molecular flexibility index (Phi) is 4.41. The molecule has 0 aliphatic heterocycles. The summed E-state index contributed by atoms with van der Waals surface area (Å²) in [5, 5.41) is 9.69. The van der Waals surface area contributed by atoms with Gasteiger partial charge in [-0.3, -0.25) is 0 Å². The Morgan fingerprint density at radius 1 is 1.45 bits per heavy atom. The maximum Gasteiger partial charge on any atom is 0.346 e. The Morgan fingerprint density at radius 3 is 2.85 bits per heavy atom. The number of rotatable bonds is 4. The molecule has 2 aromatic rings. The molecule has 2 rings (SSSR count). The molecule has 0 aliphatic rings. The molecule has 0 amide bonds. The van der Waals surface area contributed by atoms with Crippen LogP contribution in [0.15, 0.2) is 28.0 Å². The number of thioether (sulfide) groups is 1. The quantitative estimate of drug-likeness (QED) is 0.510. The Labute approximate surface area is 123 Å². The standard InChI is InChI=1S/C12H10ClN3O3S/c1-6-9(11(17)18)10(16-12(19)14-6)20-5-7-3-2-4-8(13)15-7/h2-4H,5H2,1H3,(H,17,18)(H,14,16,19). The largest absolute Gasteiger partial charge is 0.478 e. The molecule has 2 aromatic heterocycles. The van der Waals surface area contributed by atoms with E-state index in [4.69, 9.17) is 16.7 Å². The molecule has 0 spiro atoms. The number of nitrogens with zero attached hydrogens (tertiary/aromatic N) is 2. The number of nitrogens with one attached hydrogen (secondary N) is 1. The fourth-order valence-electron chi connectivity index (χ4n) is 1.59. The second kappa shape index (κ2) is 6.06. The molecule has 0 radical (unpaired) electrons. The summed E-state index contributed by atoms with van der Waals surface area (Å²) >= 11 is 6.91. The minimum Gasteiger partial charge on any atom is -0.478 e. The van der Waals surface area contributed by atoms with Crippen LogP contribution in [-0.4, -0.2) is 26.0 Å². The molecule has 0 saturated carbocycles. The van der Waals surface area contributed by atoms with E-state index in [0.29, 0.717) is 16.6 Å². The third kappa shape index (κ3) is 3.37. The van der Waals surface area contributed by atoms with Crippen LogP contribution in [0.25, 0.3) is 0 Å². The van der Waals surface area contributed by atoms with E-state index >= 15 is 0 Å². The Hall–Kier alpha value is -1.86. The van der Waals surface area contributed by atoms with Crippen molar-refractivity contribution in [2.24, 2.45) is 0 Å². The van der Waals surface area contributed by atoms with Gasteiger partial charge in [-0.2, -0.15) is 4.98 Å². The van der Waals surface area contributed by atoms with Crippen LogP contribution in [0, 0.1) is 6.92 Å².